The van der Waals surface area contributed by atoms with Gasteiger partial charge in [-0.05, 0) is 91.8 Å². The van der Waals surface area contributed by atoms with Crippen LogP contribution in [0.4, 0.5) is 0 Å². The van der Waals surface area contributed by atoms with Crippen molar-refractivity contribution < 1.29 is 38.0 Å². The summed E-state index contributed by atoms with van der Waals surface area (Å²) in [4.78, 5) is 44.0. The van der Waals surface area contributed by atoms with Crippen LogP contribution in [0.1, 0.15) is 44.9 Å². The van der Waals surface area contributed by atoms with Crippen LogP contribution in [0.3, 0.4) is 0 Å². The number of ether oxygens (including phenoxy) is 6. The molecule has 1 aromatic heterocycles. The minimum atomic E-state index is -0.821. The first-order chi connectivity index (χ1) is 21.0. The number of fused-ring (bicyclic) bond motifs is 1. The summed E-state index contributed by atoms with van der Waals surface area (Å²) in [7, 11) is 4.30. The molecule has 13 heteroatoms. The Labute approximate surface area is 271 Å². The highest BCUT2D eigenvalue weighted by molar-refractivity contribution is 14.1. The molecule has 11 nitrogen and oxygen atoms in total. The number of carbonyl (C=O) groups excluding carboxylic acids is 2. The lowest BCUT2D eigenvalue weighted by Gasteiger charge is -2.25. The van der Waals surface area contributed by atoms with Crippen molar-refractivity contribution in [2.24, 2.45) is 4.99 Å². The number of methoxy groups -OCH3 is 3. The lowest BCUT2D eigenvalue weighted by Crippen LogP contribution is -2.40. The molecule has 234 valence electrons. The lowest BCUT2D eigenvalue weighted by atomic mass is 9.95. The number of hydrogen-bond acceptors (Lipinski definition) is 11. The molecule has 2 aromatic carbocycles. The third-order valence-electron chi connectivity index (χ3n) is 6.49. The van der Waals surface area contributed by atoms with Crippen LogP contribution < -0.4 is 33.8 Å². The van der Waals surface area contributed by atoms with Crippen molar-refractivity contribution in [1.29, 1.82) is 0 Å². The second kappa shape index (κ2) is 14.3. The average molecular weight is 737 g/mol. The van der Waals surface area contributed by atoms with Crippen LogP contribution in [0.25, 0.3) is 6.08 Å². The Bertz CT molecular complexity index is 1790. The minimum Gasteiger partial charge on any atom is -0.493 e. The van der Waals surface area contributed by atoms with Gasteiger partial charge in [-0.15, -0.1) is 0 Å². The van der Waals surface area contributed by atoms with E-state index >= 15 is 0 Å². The second-order valence-electron chi connectivity index (χ2n) is 9.78. The summed E-state index contributed by atoms with van der Waals surface area (Å²) < 4.78 is 35.2. The van der Waals surface area contributed by atoms with E-state index in [0.717, 1.165) is 0 Å². The smallest absolute Gasteiger partial charge is 0.343 e. The van der Waals surface area contributed by atoms with Crippen LogP contribution in [0.15, 0.2) is 51.4 Å². The maximum atomic E-state index is 14.1. The predicted octanol–water partition coefficient (Wildman–Crippen LogP) is 3.76. The molecule has 2 heterocycles. The van der Waals surface area contributed by atoms with Crippen molar-refractivity contribution in [3.8, 4) is 23.0 Å². The van der Waals surface area contributed by atoms with Gasteiger partial charge < -0.3 is 28.4 Å². The van der Waals surface area contributed by atoms with Crippen molar-refractivity contribution in [2.45, 2.75) is 39.8 Å². The number of halogens is 1. The molecule has 0 aliphatic carbocycles. The number of thiazole rings is 1. The SMILES string of the molecule is CCOC(=O)C1=C(C)N=c2s/c(=C\c3cc(I)c(OCC(=O)OC)c(OC)c3)c(=O)n2[C@@H]1c1ccc(OC(C)C)c(OC)c1. The Kier molecular flexibility index (Phi) is 10.7. The first-order valence-corrected chi connectivity index (χ1v) is 15.5. The van der Waals surface area contributed by atoms with E-state index in [1.54, 1.807) is 50.3 Å². The molecule has 0 unspecified atom stereocenters. The van der Waals surface area contributed by atoms with E-state index < -0.39 is 18.0 Å². The number of aromatic nitrogens is 1. The standard InChI is InChI=1S/C31H33IN2O9S/c1-8-41-30(37)26-17(4)33-31-34(27(26)19-9-10-21(43-16(2)3)22(14-19)38-5)29(36)24(44-31)13-18-11-20(32)28(23(12-18)39-6)42-15-25(35)40-7/h9-14,16,27H,8,15H2,1-7H3/b24-13-/t27-/m1/s1. The number of carbonyl (C=O) groups is 2. The molecule has 0 bridgehead atoms. The maximum Gasteiger partial charge on any atom is 0.343 e. The molecule has 3 aromatic rings. The Morgan fingerprint density at radius 1 is 1.09 bits per heavy atom. The molecule has 0 N–H and O–H groups in total. The Morgan fingerprint density at radius 3 is 2.45 bits per heavy atom. The maximum absolute atomic E-state index is 14.1. The van der Waals surface area contributed by atoms with Gasteiger partial charge in [0, 0.05) is 0 Å². The third kappa shape index (κ3) is 6.93. The van der Waals surface area contributed by atoms with E-state index in [1.807, 2.05) is 13.8 Å². The first-order valence-electron chi connectivity index (χ1n) is 13.6. The molecule has 1 atom stereocenters. The molecule has 0 fully saturated rings. The van der Waals surface area contributed by atoms with Crippen molar-refractivity contribution in [2.75, 3.05) is 34.5 Å². The van der Waals surface area contributed by atoms with E-state index in [-0.39, 0.29) is 30.5 Å². The van der Waals surface area contributed by atoms with E-state index in [0.29, 0.717) is 52.7 Å². The largest absolute Gasteiger partial charge is 0.493 e. The monoisotopic (exact) mass is 736 g/mol. The Hall–Kier alpha value is -3.85. The molecule has 4 rings (SSSR count). The van der Waals surface area contributed by atoms with Crippen LogP contribution in [-0.4, -0.2) is 57.2 Å². The summed E-state index contributed by atoms with van der Waals surface area (Å²) in [6.07, 6.45) is 1.64. The highest BCUT2D eigenvalue weighted by Gasteiger charge is 2.34. The van der Waals surface area contributed by atoms with Gasteiger partial charge in [0.2, 0.25) is 0 Å². The van der Waals surface area contributed by atoms with E-state index in [9.17, 15) is 14.4 Å². The summed E-state index contributed by atoms with van der Waals surface area (Å²) in [6.45, 7) is 7.16. The third-order valence-corrected chi connectivity index (χ3v) is 8.28. The fourth-order valence-electron chi connectivity index (χ4n) is 4.62. The van der Waals surface area contributed by atoms with Gasteiger partial charge in [-0.3, -0.25) is 9.36 Å². The van der Waals surface area contributed by atoms with Crippen LogP contribution in [0.5, 0.6) is 23.0 Å². The minimum absolute atomic E-state index is 0.0835. The molecule has 0 radical (unpaired) electrons. The zero-order valence-corrected chi connectivity index (χ0v) is 28.4. The normalized spacial score (nSPS) is 14.6. The van der Waals surface area contributed by atoms with E-state index in [1.165, 1.54) is 37.2 Å². The van der Waals surface area contributed by atoms with Gasteiger partial charge in [-0.25, -0.2) is 14.6 Å². The molecule has 0 spiro atoms. The fourth-order valence-corrected chi connectivity index (χ4v) is 6.44. The van der Waals surface area contributed by atoms with Crippen molar-refractivity contribution in [1.82, 2.24) is 4.57 Å². The number of allylic oxidation sites excluding steroid dienone is 1. The highest BCUT2D eigenvalue weighted by Crippen LogP contribution is 2.37. The first kappa shape index (κ1) is 33.1. The van der Waals surface area contributed by atoms with Crippen molar-refractivity contribution in [3.05, 3.63) is 76.0 Å². The topological polar surface area (TPSA) is 124 Å². The summed E-state index contributed by atoms with van der Waals surface area (Å²) in [5, 5.41) is 0. The number of nitrogens with zero attached hydrogens (tertiary/aromatic N) is 2. The van der Waals surface area contributed by atoms with Gasteiger partial charge in [-0.1, -0.05) is 17.4 Å². The molecule has 1 aliphatic heterocycles. The van der Waals surface area contributed by atoms with E-state index in [2.05, 4.69) is 32.3 Å². The number of benzene rings is 2. The summed E-state index contributed by atoms with van der Waals surface area (Å²) in [5.74, 6) is 0.683. The van der Waals surface area contributed by atoms with Gasteiger partial charge in [0.15, 0.2) is 34.4 Å². The van der Waals surface area contributed by atoms with Gasteiger partial charge in [0.1, 0.15) is 0 Å². The quantitative estimate of drug-likeness (QED) is 0.214. The van der Waals surface area contributed by atoms with E-state index in [4.69, 9.17) is 23.7 Å². The molecular weight excluding hydrogens is 703 g/mol. The fraction of sp³-hybridized carbons (Fsp3) is 0.355. The van der Waals surface area contributed by atoms with Gasteiger partial charge in [0.25, 0.3) is 5.56 Å². The summed E-state index contributed by atoms with van der Waals surface area (Å²) >= 11 is 3.27. The summed E-state index contributed by atoms with van der Waals surface area (Å²) in [5.41, 5.74) is 1.66. The molecule has 44 heavy (non-hydrogen) atoms. The number of esters is 2. The van der Waals surface area contributed by atoms with Crippen LogP contribution in [-0.2, 0) is 19.1 Å². The van der Waals surface area contributed by atoms with Crippen LogP contribution in [0.2, 0.25) is 0 Å². The average Bonchev–Trinajstić information content (AvgIpc) is 3.29. The lowest BCUT2D eigenvalue weighted by molar-refractivity contribution is -0.143. The van der Waals surface area contributed by atoms with Crippen molar-refractivity contribution in [3.63, 3.8) is 0 Å². The second-order valence-corrected chi connectivity index (χ2v) is 11.9. The highest BCUT2D eigenvalue weighted by atomic mass is 127. The Balaban J connectivity index is 1.88. The van der Waals surface area contributed by atoms with Crippen molar-refractivity contribution >= 4 is 51.9 Å². The number of rotatable bonds is 11. The molecule has 0 saturated carbocycles. The molecule has 0 amide bonds. The predicted molar refractivity (Wildman–Crippen MR) is 172 cm³/mol. The van der Waals surface area contributed by atoms with Gasteiger partial charge >= 0.3 is 11.9 Å². The number of hydrogen-bond donors (Lipinski definition) is 0. The summed E-state index contributed by atoms with van der Waals surface area (Å²) in [6, 6.07) is 8.02. The van der Waals surface area contributed by atoms with Gasteiger partial charge in [0.05, 0.1) is 59.5 Å². The van der Waals surface area contributed by atoms with Crippen LogP contribution >= 0.6 is 33.9 Å². The zero-order chi connectivity index (χ0) is 32.1. The molecule has 1 aliphatic rings. The van der Waals surface area contributed by atoms with Gasteiger partial charge in [-0.2, -0.15) is 0 Å². The van der Waals surface area contributed by atoms with Crippen LogP contribution in [0, 0.1) is 3.57 Å². The Morgan fingerprint density at radius 2 is 1.82 bits per heavy atom. The molecular formula is C31H33IN2O9S. The molecule has 0 saturated heterocycles. The zero-order valence-electron chi connectivity index (χ0n) is 25.4.